The van der Waals surface area contributed by atoms with Gasteiger partial charge in [-0.25, -0.2) is 4.98 Å². The van der Waals surface area contributed by atoms with Crippen molar-refractivity contribution in [3.05, 3.63) is 65.1 Å². The Morgan fingerprint density at radius 3 is 2.68 bits per heavy atom. The van der Waals surface area contributed by atoms with Crippen molar-refractivity contribution in [2.24, 2.45) is 10.9 Å². The van der Waals surface area contributed by atoms with E-state index in [0.717, 1.165) is 16.8 Å². The summed E-state index contributed by atoms with van der Waals surface area (Å²) in [5.41, 5.74) is 9.32. The van der Waals surface area contributed by atoms with Crippen LogP contribution in [0, 0.1) is 6.92 Å². The zero-order chi connectivity index (χ0) is 19.8. The van der Waals surface area contributed by atoms with E-state index in [1.807, 2.05) is 37.3 Å². The molecular formula is C19H23N7O2. The lowest BCUT2D eigenvalue weighted by Crippen LogP contribution is -2.12. The molecule has 28 heavy (non-hydrogen) atoms. The van der Waals surface area contributed by atoms with E-state index in [0.29, 0.717) is 31.4 Å². The van der Waals surface area contributed by atoms with Gasteiger partial charge in [-0.15, -0.1) is 10.2 Å². The highest BCUT2D eigenvalue weighted by atomic mass is 16.6. The smallest absolute Gasteiger partial charge is 0.213 e. The first-order chi connectivity index (χ1) is 13.6. The first-order valence-electron chi connectivity index (χ1n) is 8.92. The van der Waals surface area contributed by atoms with Crippen LogP contribution < -0.4 is 10.5 Å². The van der Waals surface area contributed by atoms with Gasteiger partial charge < -0.3 is 15.3 Å². The van der Waals surface area contributed by atoms with Crippen molar-refractivity contribution in [2.45, 2.75) is 33.6 Å². The lowest BCUT2D eigenvalue weighted by atomic mass is 10.2. The Hall–Kier alpha value is -3.33. The van der Waals surface area contributed by atoms with Crippen LogP contribution in [0.4, 0.5) is 0 Å². The maximum Gasteiger partial charge on any atom is 0.213 e. The average Bonchev–Trinajstić information content (AvgIpc) is 3.16. The second kappa shape index (κ2) is 9.56. The fraction of sp³-hybridized carbons (Fsp3) is 0.316. The molecule has 0 bridgehead atoms. The van der Waals surface area contributed by atoms with E-state index < -0.39 is 0 Å². The fourth-order valence-electron chi connectivity index (χ4n) is 2.30. The molecule has 3 rings (SSSR count). The molecule has 0 aliphatic carbocycles. The number of tetrazole rings is 1. The largest absolute Gasteiger partial charge is 0.469 e. The van der Waals surface area contributed by atoms with Gasteiger partial charge in [0.15, 0.2) is 6.61 Å². The van der Waals surface area contributed by atoms with E-state index in [4.69, 9.17) is 15.3 Å². The van der Waals surface area contributed by atoms with Gasteiger partial charge in [-0.2, -0.15) is 4.80 Å². The van der Waals surface area contributed by atoms with E-state index in [9.17, 15) is 0 Å². The molecule has 0 saturated carbocycles. The summed E-state index contributed by atoms with van der Waals surface area (Å²) in [6.07, 6.45) is 1.68. The number of benzene rings is 1. The average molecular weight is 381 g/mol. The second-order valence-corrected chi connectivity index (χ2v) is 6.20. The van der Waals surface area contributed by atoms with Gasteiger partial charge in [0.05, 0.1) is 12.3 Å². The number of oxime groups is 1. The summed E-state index contributed by atoms with van der Waals surface area (Å²) in [4.78, 5) is 11.1. The first kappa shape index (κ1) is 19.4. The lowest BCUT2D eigenvalue weighted by Gasteiger charge is -2.05. The molecule has 0 aliphatic rings. The molecule has 2 N–H and O–H groups in total. The first-order valence-corrected chi connectivity index (χ1v) is 8.92. The van der Waals surface area contributed by atoms with Crippen LogP contribution in [0.25, 0.3) is 0 Å². The quantitative estimate of drug-likeness (QED) is 0.444. The number of aromatic nitrogens is 5. The molecular weight excluding hydrogens is 358 g/mol. The lowest BCUT2D eigenvalue weighted by molar-refractivity contribution is 0.130. The monoisotopic (exact) mass is 381 g/mol. The summed E-state index contributed by atoms with van der Waals surface area (Å²) >= 11 is 0. The number of hydrogen-bond donors (Lipinski definition) is 1. The molecule has 2 heterocycles. The van der Waals surface area contributed by atoms with E-state index in [-0.39, 0.29) is 6.61 Å². The van der Waals surface area contributed by atoms with Gasteiger partial charge in [-0.3, -0.25) is 0 Å². The number of nitrogens with zero attached hydrogens (tertiary/aromatic N) is 6. The Bertz CT molecular complexity index is 905. The highest BCUT2D eigenvalue weighted by Gasteiger charge is 2.05. The maximum absolute atomic E-state index is 5.58. The SMILES string of the molecule is C/C(=N\OCc1ccc(C)cc1)c1ccc(OCc2nnn(CCN)n2)nc1. The summed E-state index contributed by atoms with van der Waals surface area (Å²) < 4.78 is 5.58. The molecule has 0 fully saturated rings. The van der Waals surface area contributed by atoms with Gasteiger partial charge in [0, 0.05) is 24.4 Å². The Balaban J connectivity index is 1.50. The number of hydrogen-bond acceptors (Lipinski definition) is 8. The molecule has 3 aromatic rings. The van der Waals surface area contributed by atoms with Crippen LogP contribution in [0.5, 0.6) is 5.88 Å². The molecule has 0 amide bonds. The van der Waals surface area contributed by atoms with Crippen molar-refractivity contribution in [3.8, 4) is 5.88 Å². The third kappa shape index (κ3) is 5.58. The van der Waals surface area contributed by atoms with Gasteiger partial charge in [0.1, 0.15) is 6.61 Å². The molecule has 0 spiro atoms. The number of ether oxygens (including phenoxy) is 1. The molecule has 146 valence electrons. The minimum Gasteiger partial charge on any atom is -0.469 e. The van der Waals surface area contributed by atoms with Gasteiger partial charge in [0.25, 0.3) is 0 Å². The fourth-order valence-corrected chi connectivity index (χ4v) is 2.30. The summed E-state index contributed by atoms with van der Waals surface area (Å²) in [7, 11) is 0. The predicted molar refractivity (Wildman–Crippen MR) is 104 cm³/mol. The molecule has 1 aromatic carbocycles. The Morgan fingerprint density at radius 2 is 1.96 bits per heavy atom. The van der Waals surface area contributed by atoms with Crippen molar-refractivity contribution in [1.82, 2.24) is 25.2 Å². The van der Waals surface area contributed by atoms with Gasteiger partial charge in [-0.1, -0.05) is 35.0 Å². The zero-order valence-electron chi connectivity index (χ0n) is 15.9. The predicted octanol–water partition coefficient (Wildman–Crippen LogP) is 1.86. The molecule has 0 saturated heterocycles. The zero-order valence-corrected chi connectivity index (χ0v) is 15.9. The highest BCUT2D eigenvalue weighted by molar-refractivity contribution is 5.98. The van der Waals surface area contributed by atoms with Crippen LogP contribution in [-0.4, -0.2) is 37.4 Å². The third-order valence-corrected chi connectivity index (χ3v) is 3.88. The van der Waals surface area contributed by atoms with Gasteiger partial charge >= 0.3 is 0 Å². The molecule has 0 aliphatic heterocycles. The topological polar surface area (TPSA) is 113 Å². The van der Waals surface area contributed by atoms with E-state index in [1.165, 1.54) is 10.4 Å². The van der Waals surface area contributed by atoms with Crippen LogP contribution >= 0.6 is 0 Å². The molecule has 9 heteroatoms. The molecule has 0 radical (unpaired) electrons. The van der Waals surface area contributed by atoms with Crippen molar-refractivity contribution in [3.63, 3.8) is 0 Å². The van der Waals surface area contributed by atoms with Crippen LogP contribution in [0.2, 0.25) is 0 Å². The minimum atomic E-state index is 0.184. The van der Waals surface area contributed by atoms with Gasteiger partial charge in [0.2, 0.25) is 11.7 Å². The normalized spacial score (nSPS) is 11.5. The number of pyridine rings is 1. The maximum atomic E-state index is 5.58. The molecule has 0 atom stereocenters. The molecule has 9 nitrogen and oxygen atoms in total. The minimum absolute atomic E-state index is 0.184. The Labute approximate surface area is 163 Å². The van der Waals surface area contributed by atoms with Gasteiger partial charge in [-0.05, 0) is 30.7 Å². The van der Waals surface area contributed by atoms with Crippen LogP contribution in [0.15, 0.2) is 47.8 Å². The van der Waals surface area contributed by atoms with E-state index in [2.05, 4.69) is 32.5 Å². The van der Waals surface area contributed by atoms with Crippen molar-refractivity contribution in [2.75, 3.05) is 6.54 Å². The summed E-state index contributed by atoms with van der Waals surface area (Å²) in [6.45, 7) is 5.50. The van der Waals surface area contributed by atoms with E-state index >= 15 is 0 Å². The summed E-state index contributed by atoms with van der Waals surface area (Å²) in [5, 5.41) is 16.1. The Kier molecular flexibility index (Phi) is 6.64. The molecule has 2 aromatic heterocycles. The number of aryl methyl sites for hydroxylation is 1. The van der Waals surface area contributed by atoms with Crippen LogP contribution in [0.3, 0.4) is 0 Å². The third-order valence-electron chi connectivity index (χ3n) is 3.88. The summed E-state index contributed by atoms with van der Waals surface area (Å²) in [6, 6.07) is 11.8. The Morgan fingerprint density at radius 1 is 1.14 bits per heavy atom. The van der Waals surface area contributed by atoms with Crippen LogP contribution in [0.1, 0.15) is 29.4 Å². The number of nitrogens with two attached hydrogens (primary N) is 1. The van der Waals surface area contributed by atoms with Crippen LogP contribution in [-0.2, 0) is 24.6 Å². The molecule has 0 unspecified atom stereocenters. The number of rotatable bonds is 9. The van der Waals surface area contributed by atoms with Crippen molar-refractivity contribution < 1.29 is 9.57 Å². The van der Waals surface area contributed by atoms with Crippen molar-refractivity contribution in [1.29, 1.82) is 0 Å². The van der Waals surface area contributed by atoms with E-state index in [1.54, 1.807) is 12.3 Å². The summed E-state index contributed by atoms with van der Waals surface area (Å²) in [5.74, 6) is 0.939. The standard InChI is InChI=1S/C19H23N7O2/c1-14-3-5-16(6-4-14)12-28-24-15(2)17-7-8-19(21-11-17)27-13-18-22-25-26(23-18)10-9-20/h3-8,11H,9-10,12-13,20H2,1-2H3/b24-15+. The second-order valence-electron chi connectivity index (χ2n) is 6.20. The van der Waals surface area contributed by atoms with Crippen molar-refractivity contribution >= 4 is 5.71 Å². The highest BCUT2D eigenvalue weighted by Crippen LogP contribution is 2.11.